The van der Waals surface area contributed by atoms with Crippen molar-refractivity contribution in [3.05, 3.63) is 59.3 Å². The molecule has 0 aliphatic rings. The molecule has 1 unspecified atom stereocenters. The van der Waals surface area contributed by atoms with E-state index in [4.69, 9.17) is 16.0 Å². The predicted octanol–water partition coefficient (Wildman–Crippen LogP) is 2.03. The lowest BCUT2D eigenvalue weighted by atomic mass is 10.3. The minimum absolute atomic E-state index is 0.0265. The highest BCUT2D eigenvalue weighted by Crippen LogP contribution is 2.27. The van der Waals surface area contributed by atoms with E-state index in [1.807, 2.05) is 0 Å². The van der Waals surface area contributed by atoms with Crippen LogP contribution < -0.4 is 0 Å². The molecular formula is C14H11ClN4O4S. The molecule has 0 radical (unpaired) electrons. The normalized spacial score (nSPS) is 13.4. The van der Waals surface area contributed by atoms with Gasteiger partial charge < -0.3 is 9.52 Å². The molecule has 0 aliphatic carbocycles. The summed E-state index contributed by atoms with van der Waals surface area (Å²) in [5.74, 6) is 0.132. The van der Waals surface area contributed by atoms with Gasteiger partial charge in [0.05, 0.1) is 11.2 Å². The van der Waals surface area contributed by atoms with Crippen molar-refractivity contribution in [3.8, 4) is 0 Å². The first kappa shape index (κ1) is 16.4. The molecule has 3 aromatic rings. The Hall–Kier alpha value is -2.49. The molecule has 10 heteroatoms. The summed E-state index contributed by atoms with van der Waals surface area (Å²) in [6.45, 7) is 0. The Labute approximate surface area is 141 Å². The first-order valence-corrected chi connectivity index (χ1v) is 8.52. The summed E-state index contributed by atoms with van der Waals surface area (Å²) in [6, 6.07) is 7.14. The van der Waals surface area contributed by atoms with Crippen LogP contribution in [0.25, 0.3) is 6.08 Å². The molecule has 2 aromatic heterocycles. The van der Waals surface area contributed by atoms with Crippen LogP contribution in [0.15, 0.2) is 56.9 Å². The number of aliphatic hydroxyl groups excluding tert-OH is 1. The van der Waals surface area contributed by atoms with Crippen LogP contribution in [-0.2, 0) is 9.84 Å². The van der Waals surface area contributed by atoms with Crippen molar-refractivity contribution in [3.63, 3.8) is 0 Å². The van der Waals surface area contributed by atoms with Gasteiger partial charge in [0.2, 0.25) is 15.7 Å². The van der Waals surface area contributed by atoms with Crippen molar-refractivity contribution in [1.29, 1.82) is 0 Å². The number of halogens is 1. The van der Waals surface area contributed by atoms with Gasteiger partial charge in [-0.2, -0.15) is 5.21 Å². The van der Waals surface area contributed by atoms with Gasteiger partial charge in [-0.1, -0.05) is 16.8 Å². The molecule has 0 saturated heterocycles. The molecule has 3 rings (SSSR count). The lowest BCUT2D eigenvalue weighted by Gasteiger charge is -2.03. The summed E-state index contributed by atoms with van der Waals surface area (Å²) >= 11 is 5.78. The Morgan fingerprint density at radius 2 is 2.00 bits per heavy atom. The SMILES string of the molecule is O=S(=O)(c1ccc(Cl)cc1)c1ccoc1C=CC(O)c1nn[nH]n1. The average Bonchev–Trinajstić information content (AvgIpc) is 3.24. The first-order valence-electron chi connectivity index (χ1n) is 6.66. The van der Waals surface area contributed by atoms with E-state index in [-0.39, 0.29) is 21.4 Å². The maximum absolute atomic E-state index is 12.7. The van der Waals surface area contributed by atoms with Crippen LogP contribution in [0.3, 0.4) is 0 Å². The number of aromatic nitrogens is 4. The molecule has 0 spiro atoms. The van der Waals surface area contributed by atoms with E-state index in [2.05, 4.69) is 20.6 Å². The van der Waals surface area contributed by atoms with Crippen LogP contribution in [-0.4, -0.2) is 34.1 Å². The zero-order chi connectivity index (χ0) is 17.2. The molecule has 124 valence electrons. The van der Waals surface area contributed by atoms with Crippen LogP contribution >= 0.6 is 11.6 Å². The van der Waals surface area contributed by atoms with E-state index in [9.17, 15) is 13.5 Å². The summed E-state index contributed by atoms with van der Waals surface area (Å²) < 4.78 is 30.5. The number of furan rings is 1. The third-order valence-electron chi connectivity index (χ3n) is 3.13. The number of tetrazole rings is 1. The Kier molecular flexibility index (Phi) is 4.47. The molecule has 1 aromatic carbocycles. The highest BCUT2D eigenvalue weighted by atomic mass is 35.5. The molecule has 0 aliphatic heterocycles. The molecule has 1 atom stereocenters. The number of sulfone groups is 1. The quantitative estimate of drug-likeness (QED) is 0.708. The Bertz CT molecular complexity index is 949. The van der Waals surface area contributed by atoms with Gasteiger partial charge >= 0.3 is 0 Å². The number of hydrogen-bond acceptors (Lipinski definition) is 7. The van der Waals surface area contributed by atoms with Crippen LogP contribution in [0, 0.1) is 0 Å². The molecule has 0 bridgehead atoms. The maximum Gasteiger partial charge on any atom is 0.210 e. The zero-order valence-electron chi connectivity index (χ0n) is 12.0. The summed E-state index contributed by atoms with van der Waals surface area (Å²) in [7, 11) is -3.78. The Morgan fingerprint density at radius 1 is 1.25 bits per heavy atom. The molecular weight excluding hydrogens is 356 g/mol. The van der Waals surface area contributed by atoms with Gasteiger partial charge in [0.1, 0.15) is 16.8 Å². The molecule has 24 heavy (non-hydrogen) atoms. The number of H-pyrrole nitrogens is 1. The van der Waals surface area contributed by atoms with E-state index in [0.29, 0.717) is 5.02 Å². The van der Waals surface area contributed by atoms with Crippen LogP contribution in [0.2, 0.25) is 5.02 Å². The topological polar surface area (TPSA) is 122 Å². The molecule has 2 heterocycles. The number of nitrogens with one attached hydrogen (secondary N) is 1. The number of benzene rings is 1. The predicted molar refractivity (Wildman–Crippen MR) is 83.8 cm³/mol. The highest BCUT2D eigenvalue weighted by Gasteiger charge is 2.23. The van der Waals surface area contributed by atoms with Gasteiger partial charge in [0.15, 0.2) is 0 Å². The number of aromatic amines is 1. The van der Waals surface area contributed by atoms with Gasteiger partial charge in [-0.15, -0.1) is 10.2 Å². The number of aliphatic hydroxyl groups is 1. The third kappa shape index (κ3) is 3.23. The summed E-state index contributed by atoms with van der Waals surface area (Å²) in [5.41, 5.74) is 0. The zero-order valence-corrected chi connectivity index (χ0v) is 13.6. The van der Waals surface area contributed by atoms with E-state index in [1.165, 1.54) is 48.7 Å². The second-order valence-corrected chi connectivity index (χ2v) is 7.03. The fourth-order valence-electron chi connectivity index (χ4n) is 1.95. The fourth-order valence-corrected chi connectivity index (χ4v) is 3.44. The first-order chi connectivity index (χ1) is 11.5. The van der Waals surface area contributed by atoms with Crippen LogP contribution in [0.4, 0.5) is 0 Å². The monoisotopic (exact) mass is 366 g/mol. The molecule has 8 nitrogen and oxygen atoms in total. The van der Waals surface area contributed by atoms with Crippen molar-refractivity contribution in [2.75, 3.05) is 0 Å². The summed E-state index contributed by atoms with van der Waals surface area (Å²) in [4.78, 5) is 0.0584. The van der Waals surface area contributed by atoms with Gasteiger partial charge in [0, 0.05) is 5.02 Å². The maximum atomic E-state index is 12.7. The number of rotatable bonds is 5. The second kappa shape index (κ2) is 6.56. The molecule has 0 amide bonds. The van der Waals surface area contributed by atoms with Gasteiger partial charge in [-0.3, -0.25) is 0 Å². The van der Waals surface area contributed by atoms with Crippen molar-refractivity contribution in [2.45, 2.75) is 15.9 Å². The minimum Gasteiger partial charge on any atom is -0.464 e. The van der Waals surface area contributed by atoms with Gasteiger partial charge in [0.25, 0.3) is 0 Å². The number of hydrogen-bond donors (Lipinski definition) is 2. The minimum atomic E-state index is -3.78. The third-order valence-corrected chi connectivity index (χ3v) is 5.19. The van der Waals surface area contributed by atoms with E-state index in [0.717, 1.165) is 0 Å². The van der Waals surface area contributed by atoms with Gasteiger partial charge in [-0.05, 0) is 42.5 Å². The average molecular weight is 367 g/mol. The molecule has 0 fully saturated rings. The summed E-state index contributed by atoms with van der Waals surface area (Å²) in [6.07, 6.45) is 2.73. The Morgan fingerprint density at radius 3 is 2.67 bits per heavy atom. The van der Waals surface area contributed by atoms with E-state index < -0.39 is 15.9 Å². The van der Waals surface area contributed by atoms with Crippen molar-refractivity contribution >= 4 is 27.5 Å². The summed E-state index contributed by atoms with van der Waals surface area (Å²) in [5, 5.41) is 23.1. The standard InChI is InChI=1S/C14H11ClN4O4S/c15-9-1-3-10(4-2-9)24(21,22)13-7-8-23-12(13)6-5-11(20)14-16-18-19-17-14/h1-8,11,20H,(H,16,17,18,19). The van der Waals surface area contributed by atoms with Crippen LogP contribution in [0.1, 0.15) is 17.7 Å². The molecule has 2 N–H and O–H groups in total. The van der Waals surface area contributed by atoms with Gasteiger partial charge in [-0.25, -0.2) is 8.42 Å². The molecule has 0 saturated carbocycles. The largest absolute Gasteiger partial charge is 0.464 e. The lowest BCUT2D eigenvalue weighted by Crippen LogP contribution is -2.02. The van der Waals surface area contributed by atoms with E-state index >= 15 is 0 Å². The van der Waals surface area contributed by atoms with Crippen molar-refractivity contribution < 1.29 is 17.9 Å². The number of nitrogens with zero attached hydrogens (tertiary/aromatic N) is 3. The Balaban J connectivity index is 1.91. The van der Waals surface area contributed by atoms with Crippen molar-refractivity contribution in [1.82, 2.24) is 20.6 Å². The van der Waals surface area contributed by atoms with E-state index in [1.54, 1.807) is 0 Å². The fraction of sp³-hybridized carbons (Fsp3) is 0.0714. The second-order valence-electron chi connectivity index (χ2n) is 4.68. The van der Waals surface area contributed by atoms with Crippen molar-refractivity contribution in [2.24, 2.45) is 0 Å². The smallest absolute Gasteiger partial charge is 0.210 e. The lowest BCUT2D eigenvalue weighted by molar-refractivity contribution is 0.219. The van der Waals surface area contributed by atoms with Crippen LogP contribution in [0.5, 0.6) is 0 Å². The highest BCUT2D eigenvalue weighted by molar-refractivity contribution is 7.91.